The van der Waals surface area contributed by atoms with Gasteiger partial charge in [-0.2, -0.15) is 0 Å². The minimum Gasteiger partial charge on any atom is -0.386 e. The van der Waals surface area contributed by atoms with Crippen LogP contribution in [0.25, 0.3) is 0 Å². The Morgan fingerprint density at radius 3 is 2.12 bits per heavy atom. The van der Waals surface area contributed by atoms with Gasteiger partial charge < -0.3 is 14.9 Å². The van der Waals surface area contributed by atoms with E-state index in [1.807, 2.05) is 12.1 Å². The van der Waals surface area contributed by atoms with Gasteiger partial charge >= 0.3 is 0 Å². The number of aliphatic hydroxyl groups excluding tert-OH is 1. The molecule has 0 amide bonds. The zero-order valence-electron chi connectivity index (χ0n) is 14.0. The molecule has 2 N–H and O–H groups in total. The Labute approximate surface area is 151 Å². The molecule has 6 heteroatoms. The van der Waals surface area contributed by atoms with E-state index in [-0.39, 0.29) is 17.7 Å². The number of nitrogens with zero attached hydrogens (tertiary/aromatic N) is 1. The Hall–Kier alpha value is -1.63. The highest BCUT2D eigenvalue weighted by molar-refractivity contribution is 7.99. The summed E-state index contributed by atoms with van der Waals surface area (Å²) in [4.78, 5) is 4.60. The van der Waals surface area contributed by atoms with E-state index in [4.69, 9.17) is 0 Å². The summed E-state index contributed by atoms with van der Waals surface area (Å²) < 4.78 is 25.9. The first-order chi connectivity index (χ1) is 12.1. The fourth-order valence-electron chi connectivity index (χ4n) is 3.05. The molecule has 1 heterocycles. The third-order valence-corrected chi connectivity index (χ3v) is 5.60. The lowest BCUT2D eigenvalue weighted by Gasteiger charge is -2.34. The molecule has 1 fully saturated rings. The van der Waals surface area contributed by atoms with Crippen molar-refractivity contribution >= 4 is 17.4 Å². The summed E-state index contributed by atoms with van der Waals surface area (Å²) in [6.07, 6.45) is -0.387. The molecule has 2 aromatic carbocycles. The van der Waals surface area contributed by atoms with Crippen LogP contribution in [0.5, 0.6) is 0 Å². The van der Waals surface area contributed by atoms with Crippen LogP contribution in [0.15, 0.2) is 53.4 Å². The lowest BCUT2D eigenvalue weighted by Crippen LogP contribution is -3.15. The SMILES string of the molecule is O[C@H](CSc1ccc(F)cc1)C[NH+]1CCN(c2ccc(F)cc2)CC1. The van der Waals surface area contributed by atoms with Crippen LogP contribution < -0.4 is 9.80 Å². The first-order valence-electron chi connectivity index (χ1n) is 8.50. The first kappa shape index (κ1) is 18.2. The molecule has 3 nitrogen and oxygen atoms in total. The number of aliphatic hydroxyl groups is 1. The van der Waals surface area contributed by atoms with E-state index in [0.29, 0.717) is 12.3 Å². The Bertz CT molecular complexity index is 658. The average molecular weight is 365 g/mol. The summed E-state index contributed by atoms with van der Waals surface area (Å²) in [6, 6.07) is 13.0. The highest BCUT2D eigenvalue weighted by atomic mass is 32.2. The summed E-state index contributed by atoms with van der Waals surface area (Å²) in [7, 11) is 0. The number of hydrogen-bond acceptors (Lipinski definition) is 3. The van der Waals surface area contributed by atoms with E-state index in [1.54, 1.807) is 23.9 Å². The predicted molar refractivity (Wildman–Crippen MR) is 97.3 cm³/mol. The maximum atomic E-state index is 13.0. The molecule has 1 aliphatic heterocycles. The van der Waals surface area contributed by atoms with Gasteiger partial charge in [-0.3, -0.25) is 0 Å². The van der Waals surface area contributed by atoms with Gasteiger partial charge in [-0.15, -0.1) is 11.8 Å². The van der Waals surface area contributed by atoms with Gasteiger partial charge in [-0.1, -0.05) is 0 Å². The smallest absolute Gasteiger partial charge is 0.123 e. The van der Waals surface area contributed by atoms with E-state index < -0.39 is 0 Å². The van der Waals surface area contributed by atoms with Crippen molar-refractivity contribution in [1.29, 1.82) is 0 Å². The number of thioether (sulfide) groups is 1. The second-order valence-electron chi connectivity index (χ2n) is 6.34. The van der Waals surface area contributed by atoms with Crippen molar-refractivity contribution in [2.75, 3.05) is 43.4 Å². The largest absolute Gasteiger partial charge is 0.386 e. The van der Waals surface area contributed by atoms with E-state index in [1.165, 1.54) is 29.2 Å². The van der Waals surface area contributed by atoms with Crippen LogP contribution in [0.2, 0.25) is 0 Å². The van der Waals surface area contributed by atoms with Gasteiger partial charge in [0.25, 0.3) is 0 Å². The fraction of sp³-hybridized carbons (Fsp3) is 0.368. The van der Waals surface area contributed by atoms with Gasteiger partial charge in [0.2, 0.25) is 0 Å². The van der Waals surface area contributed by atoms with Crippen LogP contribution >= 0.6 is 11.8 Å². The quantitative estimate of drug-likeness (QED) is 0.765. The second-order valence-corrected chi connectivity index (χ2v) is 7.43. The molecular weight excluding hydrogens is 342 g/mol. The molecule has 0 spiro atoms. The van der Waals surface area contributed by atoms with Crippen LogP contribution in [-0.4, -0.2) is 49.7 Å². The standard InChI is InChI=1S/C19H22F2N2OS/c20-15-1-5-17(6-2-15)23-11-9-22(10-12-23)13-18(24)14-25-19-7-3-16(21)4-8-19/h1-8,18,24H,9-14H2/p+1/t18-/m0/s1. The number of quaternary nitrogens is 1. The van der Waals surface area contributed by atoms with Gasteiger partial charge in [0.1, 0.15) is 24.3 Å². The molecule has 0 bridgehead atoms. The predicted octanol–water partition coefficient (Wildman–Crippen LogP) is 1.82. The molecular formula is C19H23F2N2OS+. The minimum absolute atomic E-state index is 0.213. The summed E-state index contributed by atoms with van der Waals surface area (Å²) in [5.41, 5.74) is 1.05. The number of nitrogens with one attached hydrogen (secondary N) is 1. The third kappa shape index (κ3) is 5.42. The molecule has 0 radical (unpaired) electrons. The Morgan fingerprint density at radius 1 is 0.960 bits per heavy atom. The number of benzene rings is 2. The van der Waals surface area contributed by atoms with Crippen molar-refractivity contribution in [3.63, 3.8) is 0 Å². The van der Waals surface area contributed by atoms with Gasteiger partial charge in [-0.05, 0) is 48.5 Å². The highest BCUT2D eigenvalue weighted by Gasteiger charge is 2.22. The topological polar surface area (TPSA) is 27.9 Å². The van der Waals surface area contributed by atoms with E-state index >= 15 is 0 Å². The summed E-state index contributed by atoms with van der Waals surface area (Å²) in [5.74, 6) is 0.153. The second kappa shape index (κ2) is 8.65. The first-order valence-corrected chi connectivity index (χ1v) is 9.49. The lowest BCUT2D eigenvalue weighted by atomic mass is 10.2. The third-order valence-electron chi connectivity index (χ3n) is 4.44. The Morgan fingerprint density at radius 2 is 1.52 bits per heavy atom. The van der Waals surface area contributed by atoms with Crippen molar-refractivity contribution < 1.29 is 18.8 Å². The maximum Gasteiger partial charge on any atom is 0.123 e. The van der Waals surface area contributed by atoms with E-state index in [0.717, 1.165) is 36.8 Å². The molecule has 1 aliphatic rings. The molecule has 25 heavy (non-hydrogen) atoms. The van der Waals surface area contributed by atoms with E-state index in [2.05, 4.69) is 4.90 Å². The van der Waals surface area contributed by atoms with Crippen molar-refractivity contribution in [3.05, 3.63) is 60.2 Å². The molecule has 2 aromatic rings. The molecule has 0 unspecified atom stereocenters. The monoisotopic (exact) mass is 365 g/mol. The zero-order chi connectivity index (χ0) is 17.6. The summed E-state index contributed by atoms with van der Waals surface area (Å²) in [5, 5.41) is 10.3. The fourth-order valence-corrected chi connectivity index (χ4v) is 3.88. The molecule has 134 valence electrons. The number of anilines is 1. The van der Waals surface area contributed by atoms with Crippen LogP contribution in [0.3, 0.4) is 0 Å². The van der Waals surface area contributed by atoms with Gasteiger partial charge in [0.15, 0.2) is 0 Å². The molecule has 0 saturated carbocycles. The van der Waals surface area contributed by atoms with Crippen molar-refractivity contribution in [3.8, 4) is 0 Å². The number of halogens is 2. The molecule has 0 aliphatic carbocycles. The van der Waals surface area contributed by atoms with Crippen LogP contribution in [0.1, 0.15) is 0 Å². The molecule has 1 saturated heterocycles. The normalized spacial score (nSPS) is 16.8. The zero-order valence-corrected chi connectivity index (χ0v) is 14.8. The summed E-state index contributed by atoms with van der Waals surface area (Å²) in [6.45, 7) is 4.42. The highest BCUT2D eigenvalue weighted by Crippen LogP contribution is 2.19. The molecule has 0 aromatic heterocycles. The van der Waals surface area contributed by atoms with Crippen molar-refractivity contribution in [2.24, 2.45) is 0 Å². The van der Waals surface area contributed by atoms with Crippen molar-refractivity contribution in [1.82, 2.24) is 0 Å². The number of rotatable bonds is 6. The average Bonchev–Trinajstić information content (AvgIpc) is 2.63. The Kier molecular flexibility index (Phi) is 6.29. The summed E-state index contributed by atoms with van der Waals surface area (Å²) >= 11 is 1.55. The van der Waals surface area contributed by atoms with Gasteiger partial charge in [-0.25, -0.2) is 8.78 Å². The number of hydrogen-bond donors (Lipinski definition) is 2. The molecule has 3 rings (SSSR count). The van der Waals surface area contributed by atoms with Gasteiger partial charge in [0.05, 0.1) is 26.2 Å². The minimum atomic E-state index is -0.387. The number of piperazine rings is 1. The van der Waals surface area contributed by atoms with Crippen LogP contribution in [-0.2, 0) is 0 Å². The van der Waals surface area contributed by atoms with Crippen LogP contribution in [0.4, 0.5) is 14.5 Å². The van der Waals surface area contributed by atoms with Crippen LogP contribution in [0, 0.1) is 11.6 Å². The Balaban J connectivity index is 1.40. The maximum absolute atomic E-state index is 13.0. The van der Waals surface area contributed by atoms with E-state index in [9.17, 15) is 13.9 Å². The molecule has 1 atom stereocenters. The lowest BCUT2D eigenvalue weighted by molar-refractivity contribution is -0.903. The van der Waals surface area contributed by atoms with Gasteiger partial charge in [0, 0.05) is 16.3 Å². The van der Waals surface area contributed by atoms with Crippen molar-refractivity contribution in [2.45, 2.75) is 11.0 Å².